The van der Waals surface area contributed by atoms with E-state index in [1.165, 1.54) is 31.5 Å². The van der Waals surface area contributed by atoms with Crippen LogP contribution in [0, 0.1) is 0 Å². The topological polar surface area (TPSA) is 88.5 Å². The Balaban J connectivity index is 2.24. The summed E-state index contributed by atoms with van der Waals surface area (Å²) < 4.78 is 43.2. The van der Waals surface area contributed by atoms with Gasteiger partial charge in [-0.15, -0.1) is 11.3 Å². The molecule has 0 radical (unpaired) electrons. The number of benzene rings is 1. The molecule has 0 bridgehead atoms. The highest BCUT2D eigenvalue weighted by molar-refractivity contribution is 7.13. The number of alkyl halides is 3. The molecular formula is C16H15F3N2O4S. The van der Waals surface area contributed by atoms with Crippen molar-refractivity contribution in [2.75, 3.05) is 13.7 Å². The summed E-state index contributed by atoms with van der Waals surface area (Å²) in [5.74, 6) is -2.05. The Kier molecular flexibility index (Phi) is 5.67. The Morgan fingerprint density at radius 1 is 1.35 bits per heavy atom. The summed E-state index contributed by atoms with van der Waals surface area (Å²) >= 11 is 0.980. The van der Waals surface area contributed by atoms with E-state index in [9.17, 15) is 27.9 Å². The van der Waals surface area contributed by atoms with E-state index in [2.05, 4.69) is 10.3 Å². The van der Waals surface area contributed by atoms with E-state index in [0.29, 0.717) is 0 Å². The minimum Gasteiger partial charge on any atom is -0.479 e. The number of carboxylic acids is 1. The van der Waals surface area contributed by atoms with Crippen LogP contribution in [0.5, 0.6) is 0 Å². The molecule has 1 amide bonds. The second-order valence-electron chi connectivity index (χ2n) is 5.64. The lowest BCUT2D eigenvalue weighted by Crippen LogP contribution is -2.55. The van der Waals surface area contributed by atoms with Crippen molar-refractivity contribution in [3.8, 4) is 10.6 Å². The van der Waals surface area contributed by atoms with Gasteiger partial charge >= 0.3 is 12.1 Å². The first-order valence-corrected chi connectivity index (χ1v) is 8.13. The number of rotatable bonds is 6. The molecule has 0 aliphatic heterocycles. The maximum absolute atomic E-state index is 12.8. The van der Waals surface area contributed by atoms with Crippen LogP contribution in [0.15, 0.2) is 29.6 Å². The number of amides is 1. The number of thiazole rings is 1. The van der Waals surface area contributed by atoms with Crippen molar-refractivity contribution in [3.05, 3.63) is 40.9 Å². The lowest BCUT2D eigenvalue weighted by Gasteiger charge is -2.24. The third kappa shape index (κ3) is 4.38. The number of carboxylic acid groups (broad SMARTS) is 1. The minimum atomic E-state index is -4.49. The number of halogens is 3. The quantitative estimate of drug-likeness (QED) is 0.794. The smallest absolute Gasteiger partial charge is 0.416 e. The van der Waals surface area contributed by atoms with E-state index >= 15 is 0 Å². The lowest BCUT2D eigenvalue weighted by atomic mass is 10.0. The van der Waals surface area contributed by atoms with Crippen LogP contribution in [0.25, 0.3) is 10.6 Å². The zero-order valence-electron chi connectivity index (χ0n) is 13.8. The number of hydrogen-bond acceptors (Lipinski definition) is 5. The first-order chi connectivity index (χ1) is 12.1. The van der Waals surface area contributed by atoms with Crippen LogP contribution in [0.3, 0.4) is 0 Å². The molecule has 2 rings (SSSR count). The Bertz CT molecular complexity index is 822. The summed E-state index contributed by atoms with van der Waals surface area (Å²) in [6.45, 7) is 1.01. The van der Waals surface area contributed by atoms with Gasteiger partial charge in [-0.3, -0.25) is 4.79 Å². The van der Waals surface area contributed by atoms with Gasteiger partial charge in [0.15, 0.2) is 5.54 Å². The van der Waals surface area contributed by atoms with Crippen LogP contribution in [-0.4, -0.2) is 41.2 Å². The molecule has 10 heteroatoms. The van der Waals surface area contributed by atoms with Crippen LogP contribution < -0.4 is 5.32 Å². The van der Waals surface area contributed by atoms with Gasteiger partial charge in [-0.2, -0.15) is 13.2 Å². The SMILES string of the molecule is COCC(C)(NC(=O)c1csc(-c2cccc(C(F)(F)F)c2)n1)C(=O)O. The van der Waals surface area contributed by atoms with Gasteiger partial charge in [0.1, 0.15) is 10.7 Å². The average Bonchev–Trinajstić information content (AvgIpc) is 3.04. The highest BCUT2D eigenvalue weighted by Crippen LogP contribution is 2.33. The monoisotopic (exact) mass is 388 g/mol. The van der Waals surface area contributed by atoms with Crippen molar-refractivity contribution >= 4 is 23.2 Å². The number of carbonyl (C=O) groups is 2. The summed E-state index contributed by atoms with van der Waals surface area (Å²) in [7, 11) is 1.29. The third-order valence-electron chi connectivity index (χ3n) is 3.47. The van der Waals surface area contributed by atoms with Crippen LogP contribution >= 0.6 is 11.3 Å². The molecule has 6 nitrogen and oxygen atoms in total. The van der Waals surface area contributed by atoms with E-state index in [4.69, 9.17) is 4.74 Å². The Morgan fingerprint density at radius 2 is 2.04 bits per heavy atom. The predicted octanol–water partition coefficient (Wildman–Crippen LogP) is 3.05. The van der Waals surface area contributed by atoms with Gasteiger partial charge in [0, 0.05) is 18.1 Å². The number of aromatic nitrogens is 1. The third-order valence-corrected chi connectivity index (χ3v) is 4.36. The predicted molar refractivity (Wildman–Crippen MR) is 87.9 cm³/mol. The molecule has 1 atom stereocenters. The number of hydrogen-bond donors (Lipinski definition) is 2. The molecule has 1 aromatic heterocycles. The van der Waals surface area contributed by atoms with Gasteiger partial charge in [0.2, 0.25) is 0 Å². The average molecular weight is 388 g/mol. The Labute approximate surface area is 150 Å². The minimum absolute atomic E-state index is 0.0917. The maximum atomic E-state index is 12.8. The highest BCUT2D eigenvalue weighted by atomic mass is 32.1. The van der Waals surface area contributed by atoms with Crippen molar-refractivity contribution in [2.45, 2.75) is 18.6 Å². The molecule has 0 saturated heterocycles. The summed E-state index contributed by atoms with van der Waals surface area (Å²) in [5.41, 5.74) is -2.37. The Morgan fingerprint density at radius 3 is 2.62 bits per heavy atom. The van der Waals surface area contributed by atoms with E-state index in [1.54, 1.807) is 0 Å². The molecule has 140 valence electrons. The fraction of sp³-hybridized carbons (Fsp3) is 0.312. The van der Waals surface area contributed by atoms with Crippen molar-refractivity contribution in [1.82, 2.24) is 10.3 Å². The van der Waals surface area contributed by atoms with Crippen molar-refractivity contribution in [2.24, 2.45) is 0 Å². The zero-order valence-corrected chi connectivity index (χ0v) is 14.6. The van der Waals surface area contributed by atoms with E-state index in [1.807, 2.05) is 0 Å². The van der Waals surface area contributed by atoms with Crippen molar-refractivity contribution in [1.29, 1.82) is 0 Å². The van der Waals surface area contributed by atoms with Crippen LogP contribution in [-0.2, 0) is 15.7 Å². The van der Waals surface area contributed by atoms with Gasteiger partial charge in [0.05, 0.1) is 12.2 Å². The van der Waals surface area contributed by atoms with Gasteiger partial charge in [0.25, 0.3) is 5.91 Å². The summed E-state index contributed by atoms with van der Waals surface area (Å²) in [6, 6.07) is 4.57. The van der Waals surface area contributed by atoms with E-state index < -0.39 is 29.2 Å². The Hall–Kier alpha value is -2.46. The van der Waals surface area contributed by atoms with Crippen LogP contribution in [0.2, 0.25) is 0 Å². The first kappa shape index (κ1) is 19.9. The van der Waals surface area contributed by atoms with Crippen LogP contribution in [0.1, 0.15) is 23.0 Å². The second kappa shape index (κ2) is 7.42. The van der Waals surface area contributed by atoms with Crippen molar-refractivity contribution in [3.63, 3.8) is 0 Å². The number of ether oxygens (including phenoxy) is 1. The molecule has 2 aromatic rings. The molecule has 26 heavy (non-hydrogen) atoms. The summed E-state index contributed by atoms with van der Waals surface area (Å²) in [6.07, 6.45) is -4.49. The van der Waals surface area contributed by atoms with Crippen molar-refractivity contribution < 1.29 is 32.6 Å². The molecule has 0 aliphatic rings. The fourth-order valence-electron chi connectivity index (χ4n) is 2.09. The van der Waals surface area contributed by atoms with Gasteiger partial charge < -0.3 is 15.2 Å². The molecule has 1 aromatic carbocycles. The second-order valence-corrected chi connectivity index (χ2v) is 6.50. The number of aliphatic carboxylic acids is 1. The molecule has 0 aliphatic carbocycles. The molecule has 1 heterocycles. The molecule has 0 fully saturated rings. The summed E-state index contributed by atoms with van der Waals surface area (Å²) in [5, 5.41) is 13.1. The number of carbonyl (C=O) groups excluding carboxylic acids is 1. The normalized spacial score (nSPS) is 13.9. The largest absolute Gasteiger partial charge is 0.479 e. The molecule has 2 N–H and O–H groups in total. The lowest BCUT2D eigenvalue weighted by molar-refractivity contribution is -0.146. The molecule has 1 unspecified atom stereocenters. The molecular weight excluding hydrogens is 373 g/mol. The number of nitrogens with one attached hydrogen (secondary N) is 1. The standard InChI is InChI=1S/C16H15F3N2O4S/c1-15(8-25-2,14(23)24)21-12(22)11-7-26-13(20-11)9-4-3-5-10(6-9)16(17,18)19/h3-7H,8H2,1-2H3,(H,21,22)(H,23,24). The van der Waals surface area contributed by atoms with Crippen LogP contribution in [0.4, 0.5) is 13.2 Å². The highest BCUT2D eigenvalue weighted by Gasteiger charge is 2.36. The van der Waals surface area contributed by atoms with Gasteiger partial charge in [-0.05, 0) is 19.1 Å². The van der Waals surface area contributed by atoms with E-state index in [-0.39, 0.29) is 22.9 Å². The van der Waals surface area contributed by atoms with E-state index in [0.717, 1.165) is 23.5 Å². The summed E-state index contributed by atoms with van der Waals surface area (Å²) in [4.78, 5) is 27.6. The van der Waals surface area contributed by atoms with Gasteiger partial charge in [-0.1, -0.05) is 12.1 Å². The van der Waals surface area contributed by atoms with Gasteiger partial charge in [-0.25, -0.2) is 9.78 Å². The fourth-order valence-corrected chi connectivity index (χ4v) is 2.89. The first-order valence-electron chi connectivity index (χ1n) is 7.25. The number of nitrogens with zero attached hydrogens (tertiary/aromatic N) is 1. The number of methoxy groups -OCH3 is 1. The maximum Gasteiger partial charge on any atom is 0.416 e. The molecule has 0 saturated carbocycles. The molecule has 0 spiro atoms. The zero-order chi connectivity index (χ0) is 19.5.